The number of aryl methyl sites for hydroxylation is 2. The lowest BCUT2D eigenvalue weighted by molar-refractivity contribution is -0.170. The van der Waals surface area contributed by atoms with Crippen LogP contribution in [0.3, 0.4) is 0 Å². The molecule has 3 fully saturated rings. The second-order valence-electron chi connectivity index (χ2n) is 13.7. The van der Waals surface area contributed by atoms with Crippen molar-refractivity contribution >= 4 is 29.5 Å². The van der Waals surface area contributed by atoms with Crippen LogP contribution in [0.2, 0.25) is 0 Å². The fourth-order valence-corrected chi connectivity index (χ4v) is 7.56. The highest BCUT2D eigenvalue weighted by atomic mass is 16.5. The molecule has 1 aliphatic carbocycles. The molecular formula is C40H55N3O7. The molecule has 2 heterocycles. The molecule has 50 heavy (non-hydrogen) atoms. The summed E-state index contributed by atoms with van der Waals surface area (Å²) < 4.78 is 10.4. The first-order valence-electron chi connectivity index (χ1n) is 18.4. The van der Waals surface area contributed by atoms with Crippen LogP contribution in [0.25, 0.3) is 0 Å². The van der Waals surface area contributed by atoms with E-state index in [0.29, 0.717) is 31.8 Å². The van der Waals surface area contributed by atoms with Gasteiger partial charge in [-0.15, -0.1) is 0 Å². The highest BCUT2D eigenvalue weighted by Crippen LogP contribution is 2.43. The van der Waals surface area contributed by atoms with E-state index in [1.165, 1.54) is 18.9 Å². The number of nitrogens with zero attached hydrogens (tertiary/aromatic N) is 2. The van der Waals surface area contributed by atoms with Gasteiger partial charge < -0.3 is 19.3 Å². The third kappa shape index (κ3) is 9.80. The van der Waals surface area contributed by atoms with Crippen molar-refractivity contribution in [3.8, 4) is 0 Å². The summed E-state index contributed by atoms with van der Waals surface area (Å²) in [6, 6.07) is 17.5. The topological polar surface area (TPSA) is 122 Å². The molecule has 2 aliphatic heterocycles. The number of ether oxygens (including phenoxy) is 2. The van der Waals surface area contributed by atoms with E-state index in [-0.39, 0.29) is 42.3 Å². The summed E-state index contributed by atoms with van der Waals surface area (Å²) in [4.78, 5) is 66.5. The Morgan fingerprint density at radius 3 is 1.96 bits per heavy atom. The normalized spacial score (nSPS) is 23.1. The zero-order chi connectivity index (χ0) is 36.2. The summed E-state index contributed by atoms with van der Waals surface area (Å²) in [5, 5.41) is 3.05. The second kappa shape index (κ2) is 18.8. The molecule has 7 atom stereocenters. The monoisotopic (exact) mass is 689 g/mol. The van der Waals surface area contributed by atoms with Crippen LogP contribution in [0.5, 0.6) is 0 Å². The van der Waals surface area contributed by atoms with E-state index < -0.39 is 30.1 Å². The van der Waals surface area contributed by atoms with Gasteiger partial charge in [-0.3, -0.25) is 24.5 Å². The molecular weight excluding hydrogens is 634 g/mol. The number of nitrogens with one attached hydrogen (secondary N) is 1. The number of rotatable bonds is 14. The number of Topliss-reactive ketones (excluding diaryl/α,β-unsaturated/α-hetero) is 1. The van der Waals surface area contributed by atoms with Crippen molar-refractivity contribution in [3.63, 3.8) is 0 Å². The van der Waals surface area contributed by atoms with Crippen LogP contribution in [0, 0.1) is 5.92 Å². The largest absolute Gasteiger partial charge is 0.465 e. The number of hydrogen-bond donors (Lipinski definition) is 1. The molecule has 0 bridgehead atoms. The highest BCUT2D eigenvalue weighted by Gasteiger charge is 2.55. The van der Waals surface area contributed by atoms with Crippen LogP contribution in [-0.2, 0) is 46.3 Å². The summed E-state index contributed by atoms with van der Waals surface area (Å²) in [6.07, 6.45) is 7.57. The molecule has 0 unspecified atom stereocenters. The molecule has 2 amide bonds. The number of benzene rings is 2. The van der Waals surface area contributed by atoms with Gasteiger partial charge >= 0.3 is 11.9 Å². The SMILES string of the molecule is CCOC(=O)[C@H](CCc1ccccc1)N1C(=O)[C@@H]2C[C@H]3CCCC[C@@H]3N2C(=O)[C@@H]1C.CCOC(=O)[C@H](CCc1ccccc1)N[C@@H](C)C(C)=O. The Bertz CT molecular complexity index is 1430. The van der Waals surface area contributed by atoms with Gasteiger partial charge in [-0.2, -0.15) is 0 Å². The van der Waals surface area contributed by atoms with Crippen molar-refractivity contribution in [1.29, 1.82) is 0 Å². The average Bonchev–Trinajstić information content (AvgIpc) is 3.52. The Balaban J connectivity index is 0.000000246. The van der Waals surface area contributed by atoms with E-state index in [0.717, 1.165) is 37.7 Å². The molecule has 0 spiro atoms. The zero-order valence-corrected chi connectivity index (χ0v) is 30.3. The molecule has 1 N–H and O–H groups in total. The smallest absolute Gasteiger partial charge is 0.328 e. The van der Waals surface area contributed by atoms with Gasteiger partial charge in [0.05, 0.1) is 19.3 Å². The van der Waals surface area contributed by atoms with Crippen LogP contribution < -0.4 is 5.32 Å². The lowest BCUT2D eigenvalue weighted by Gasteiger charge is -2.46. The molecule has 10 nitrogen and oxygen atoms in total. The molecule has 2 aromatic rings. The first-order chi connectivity index (χ1) is 24.1. The van der Waals surface area contributed by atoms with Gasteiger partial charge in [-0.1, -0.05) is 73.5 Å². The van der Waals surface area contributed by atoms with Crippen molar-refractivity contribution in [2.75, 3.05) is 13.2 Å². The van der Waals surface area contributed by atoms with E-state index in [4.69, 9.17) is 9.47 Å². The van der Waals surface area contributed by atoms with E-state index in [1.54, 1.807) is 32.6 Å². The Labute approximate surface area is 297 Å². The van der Waals surface area contributed by atoms with Crippen molar-refractivity contribution in [2.24, 2.45) is 5.92 Å². The Morgan fingerprint density at radius 2 is 1.38 bits per heavy atom. The fraction of sp³-hybridized carbons (Fsp3) is 0.575. The molecule has 5 rings (SSSR count). The van der Waals surface area contributed by atoms with Gasteiger partial charge in [-0.05, 0) is 96.6 Å². The van der Waals surface area contributed by atoms with Crippen LogP contribution in [-0.4, -0.2) is 88.8 Å². The maximum atomic E-state index is 13.6. The number of carbonyl (C=O) groups excluding carboxylic acids is 5. The highest BCUT2D eigenvalue weighted by molar-refractivity contribution is 5.99. The number of fused-ring (bicyclic) bond motifs is 3. The maximum Gasteiger partial charge on any atom is 0.328 e. The Morgan fingerprint density at radius 1 is 0.820 bits per heavy atom. The van der Waals surface area contributed by atoms with E-state index in [9.17, 15) is 24.0 Å². The first kappa shape index (κ1) is 38.7. The predicted octanol–water partition coefficient (Wildman–Crippen LogP) is 5.06. The number of ketones is 1. The number of esters is 2. The molecule has 2 saturated heterocycles. The number of hydrogen-bond acceptors (Lipinski definition) is 8. The second-order valence-corrected chi connectivity index (χ2v) is 13.7. The van der Waals surface area contributed by atoms with E-state index >= 15 is 0 Å². The molecule has 2 aromatic carbocycles. The standard InChI is InChI=1S/C24H32N2O4.C16H23NO3/c1-3-30-24(29)20(14-13-17-9-5-4-6-10-17)25-16(2)22(27)26-19-12-8-7-11-18(19)15-21(26)23(25)28;1-4-20-16(19)15(17-12(2)13(3)18)11-10-14-8-6-5-7-9-14/h4-6,9-10,16,18-21H,3,7-8,11-15H2,1-2H3;5-9,12,15,17H,4,10-11H2,1-3H3/t16-,18+,19-,20-,21-;12-,15-/m00/s1. The first-order valence-corrected chi connectivity index (χ1v) is 18.4. The van der Waals surface area contributed by atoms with Gasteiger partial charge in [0.2, 0.25) is 11.8 Å². The number of amides is 2. The van der Waals surface area contributed by atoms with Crippen molar-refractivity contribution < 1.29 is 33.4 Å². The Hall–Kier alpha value is -4.05. The van der Waals surface area contributed by atoms with Gasteiger partial charge in [0.25, 0.3) is 0 Å². The van der Waals surface area contributed by atoms with Crippen LogP contribution >= 0.6 is 0 Å². The quantitative estimate of drug-likeness (QED) is 0.274. The fourth-order valence-electron chi connectivity index (χ4n) is 7.56. The lowest BCUT2D eigenvalue weighted by Crippen LogP contribution is -2.67. The molecule has 3 aliphatic rings. The summed E-state index contributed by atoms with van der Waals surface area (Å²) in [6.45, 7) is 9.18. The van der Waals surface area contributed by atoms with Crippen LogP contribution in [0.4, 0.5) is 0 Å². The van der Waals surface area contributed by atoms with Crippen molar-refractivity contribution in [1.82, 2.24) is 15.1 Å². The molecule has 0 radical (unpaired) electrons. The zero-order valence-electron chi connectivity index (χ0n) is 30.3. The number of piperazine rings is 1. The van der Waals surface area contributed by atoms with Gasteiger partial charge in [0.15, 0.2) is 0 Å². The number of carbonyl (C=O) groups is 5. The molecule has 0 aromatic heterocycles. The minimum absolute atomic E-state index is 0.0111. The van der Waals surface area contributed by atoms with Crippen LogP contribution in [0.15, 0.2) is 60.7 Å². The predicted molar refractivity (Wildman–Crippen MR) is 191 cm³/mol. The van der Waals surface area contributed by atoms with Gasteiger partial charge in [-0.25, -0.2) is 4.79 Å². The van der Waals surface area contributed by atoms with Crippen molar-refractivity contribution in [2.45, 2.75) is 129 Å². The summed E-state index contributed by atoms with van der Waals surface area (Å²) in [5.41, 5.74) is 2.27. The van der Waals surface area contributed by atoms with Gasteiger partial charge in [0.1, 0.15) is 30.0 Å². The summed E-state index contributed by atoms with van der Waals surface area (Å²) in [5.74, 6) is -0.374. The summed E-state index contributed by atoms with van der Waals surface area (Å²) >= 11 is 0. The van der Waals surface area contributed by atoms with E-state index in [2.05, 4.69) is 5.32 Å². The van der Waals surface area contributed by atoms with Crippen molar-refractivity contribution in [3.05, 3.63) is 71.8 Å². The lowest BCUT2D eigenvalue weighted by atomic mass is 9.85. The summed E-state index contributed by atoms with van der Waals surface area (Å²) in [7, 11) is 0. The third-order valence-electron chi connectivity index (χ3n) is 10.3. The van der Waals surface area contributed by atoms with E-state index in [1.807, 2.05) is 65.6 Å². The van der Waals surface area contributed by atoms with Crippen LogP contribution in [0.1, 0.15) is 90.7 Å². The molecule has 1 saturated carbocycles. The molecule has 272 valence electrons. The maximum absolute atomic E-state index is 13.6. The Kier molecular flexibility index (Phi) is 14.6. The minimum atomic E-state index is -0.735. The van der Waals surface area contributed by atoms with Gasteiger partial charge in [0, 0.05) is 6.04 Å². The minimum Gasteiger partial charge on any atom is -0.465 e. The third-order valence-corrected chi connectivity index (χ3v) is 10.3. The average molecular weight is 690 g/mol. The molecule has 10 heteroatoms.